The van der Waals surface area contributed by atoms with E-state index in [1.807, 2.05) is 0 Å². The summed E-state index contributed by atoms with van der Waals surface area (Å²) in [4.78, 5) is 22.9. The maximum absolute atomic E-state index is 11.9. The van der Waals surface area contributed by atoms with Gasteiger partial charge in [0.05, 0.1) is 18.8 Å². The Kier molecular flexibility index (Phi) is 5.09. The molecule has 5 aliphatic rings. The summed E-state index contributed by atoms with van der Waals surface area (Å²) in [5.74, 6) is -4.60. The van der Waals surface area contributed by atoms with Gasteiger partial charge in [-0.25, -0.2) is 4.79 Å². The summed E-state index contributed by atoms with van der Waals surface area (Å²) < 4.78 is 30.5. The van der Waals surface area contributed by atoms with E-state index in [0.717, 1.165) is 57.8 Å². The molecule has 3 aliphatic carbocycles. The van der Waals surface area contributed by atoms with E-state index >= 15 is 0 Å². The fourth-order valence-electron chi connectivity index (χ4n) is 5.96. The van der Waals surface area contributed by atoms with E-state index in [1.54, 1.807) is 0 Å². The van der Waals surface area contributed by atoms with Gasteiger partial charge >= 0.3 is 5.97 Å². The van der Waals surface area contributed by atoms with Crippen LogP contribution in [0.5, 0.6) is 0 Å². The van der Waals surface area contributed by atoms with Crippen molar-refractivity contribution in [1.29, 1.82) is 0 Å². The van der Waals surface area contributed by atoms with Crippen molar-refractivity contribution in [2.24, 2.45) is 5.92 Å². The molecule has 8 heteroatoms. The van der Waals surface area contributed by atoms with E-state index in [4.69, 9.17) is 23.7 Å². The predicted molar refractivity (Wildman–Crippen MR) is 95.2 cm³/mol. The van der Waals surface area contributed by atoms with E-state index in [9.17, 15) is 14.7 Å². The van der Waals surface area contributed by atoms with Gasteiger partial charge in [-0.1, -0.05) is 12.8 Å². The number of carbonyl (C=O) groups excluding carboxylic acids is 2. The molecule has 2 heterocycles. The Morgan fingerprint density at radius 2 is 1.45 bits per heavy atom. The van der Waals surface area contributed by atoms with Gasteiger partial charge in [-0.3, -0.25) is 0 Å². The van der Waals surface area contributed by atoms with Crippen LogP contribution < -0.4 is 5.11 Å². The molecule has 29 heavy (non-hydrogen) atoms. The SMILES string of the molecule is O=C([O-])C(=O)OC1C(C2COC3(CCCCC3)O2)CC2OC3(CCCCC3)OC21. The first kappa shape index (κ1) is 19.7. The normalized spacial score (nSPS) is 40.2. The number of carboxylic acids is 1. The maximum atomic E-state index is 11.9. The van der Waals surface area contributed by atoms with Crippen molar-refractivity contribution in [3.8, 4) is 0 Å². The Morgan fingerprint density at radius 1 is 0.828 bits per heavy atom. The minimum atomic E-state index is -1.84. The minimum absolute atomic E-state index is 0.226. The number of hydrogen-bond donors (Lipinski definition) is 0. The van der Waals surface area contributed by atoms with Crippen molar-refractivity contribution in [3.05, 3.63) is 0 Å². The van der Waals surface area contributed by atoms with Crippen molar-refractivity contribution >= 4 is 11.9 Å². The number of aliphatic carboxylic acids is 1. The number of carbonyl (C=O) groups is 2. The van der Waals surface area contributed by atoms with Crippen LogP contribution in [0.4, 0.5) is 0 Å². The van der Waals surface area contributed by atoms with Crippen molar-refractivity contribution in [2.45, 2.75) is 107 Å². The van der Waals surface area contributed by atoms with Crippen LogP contribution in [0.15, 0.2) is 0 Å². The molecule has 5 fully saturated rings. The fraction of sp³-hybridized carbons (Fsp3) is 0.905. The first-order chi connectivity index (χ1) is 14.0. The van der Waals surface area contributed by atoms with Crippen LogP contribution in [0, 0.1) is 5.92 Å². The molecule has 162 valence electrons. The highest BCUT2D eigenvalue weighted by molar-refractivity contribution is 6.27. The molecule has 0 aromatic heterocycles. The summed E-state index contributed by atoms with van der Waals surface area (Å²) in [6.45, 7) is 0.411. The van der Waals surface area contributed by atoms with Gasteiger partial charge in [-0.15, -0.1) is 0 Å². The fourth-order valence-corrected chi connectivity index (χ4v) is 5.96. The lowest BCUT2D eigenvalue weighted by Crippen LogP contribution is -2.45. The predicted octanol–water partition coefficient (Wildman–Crippen LogP) is 1.19. The highest BCUT2D eigenvalue weighted by atomic mass is 16.8. The monoisotopic (exact) mass is 409 g/mol. The molecule has 5 unspecified atom stereocenters. The lowest BCUT2D eigenvalue weighted by atomic mass is 9.93. The molecule has 0 aromatic carbocycles. The van der Waals surface area contributed by atoms with Crippen LogP contribution in [-0.2, 0) is 33.3 Å². The Morgan fingerprint density at radius 3 is 2.10 bits per heavy atom. The third kappa shape index (κ3) is 3.58. The summed E-state index contributed by atoms with van der Waals surface area (Å²) >= 11 is 0. The minimum Gasteiger partial charge on any atom is -0.539 e. The van der Waals surface area contributed by atoms with Gasteiger partial charge in [0.2, 0.25) is 0 Å². The average molecular weight is 409 g/mol. The molecule has 5 rings (SSSR count). The first-order valence-electron chi connectivity index (χ1n) is 11.1. The average Bonchev–Trinajstić information content (AvgIpc) is 3.36. The van der Waals surface area contributed by atoms with Gasteiger partial charge in [-0.2, -0.15) is 0 Å². The lowest BCUT2D eigenvalue weighted by molar-refractivity contribution is -0.305. The lowest BCUT2D eigenvalue weighted by Gasteiger charge is -2.36. The standard InChI is InChI=1S/C21H30O8/c22-18(23)19(24)26-16-13(15-12-25-20(28-15)7-3-1-4-8-20)11-14-17(16)29-21(27-14)9-5-2-6-10-21/h13-17H,1-12H2,(H,22,23)/p-1. The van der Waals surface area contributed by atoms with Crippen molar-refractivity contribution in [2.75, 3.05) is 6.61 Å². The maximum Gasteiger partial charge on any atom is 0.354 e. The van der Waals surface area contributed by atoms with Crippen LogP contribution in [0.2, 0.25) is 0 Å². The van der Waals surface area contributed by atoms with Crippen molar-refractivity contribution in [1.82, 2.24) is 0 Å². The molecule has 2 aliphatic heterocycles. The van der Waals surface area contributed by atoms with Crippen molar-refractivity contribution in [3.63, 3.8) is 0 Å². The zero-order chi connectivity index (χ0) is 20.1. The van der Waals surface area contributed by atoms with Crippen LogP contribution in [0.1, 0.15) is 70.6 Å². The molecular weight excluding hydrogens is 380 g/mol. The number of rotatable bonds is 2. The van der Waals surface area contributed by atoms with Gasteiger partial charge in [0.25, 0.3) is 0 Å². The molecule has 3 saturated carbocycles. The molecule has 0 radical (unpaired) electrons. The van der Waals surface area contributed by atoms with Gasteiger partial charge in [0, 0.05) is 31.6 Å². The number of carboxylic acid groups (broad SMARTS) is 1. The molecular formula is C21H29O8-. The molecule has 2 spiro atoms. The topological polar surface area (TPSA) is 103 Å². The summed E-state index contributed by atoms with van der Waals surface area (Å²) in [6, 6.07) is 0. The van der Waals surface area contributed by atoms with Gasteiger partial charge < -0.3 is 33.6 Å². The zero-order valence-corrected chi connectivity index (χ0v) is 16.6. The summed E-state index contributed by atoms with van der Waals surface area (Å²) in [5.41, 5.74) is 0. The van der Waals surface area contributed by atoms with E-state index < -0.39 is 35.7 Å². The van der Waals surface area contributed by atoms with E-state index in [0.29, 0.717) is 13.0 Å². The number of ether oxygens (including phenoxy) is 5. The second-order valence-electron chi connectivity index (χ2n) is 9.21. The third-order valence-corrected chi connectivity index (χ3v) is 7.33. The van der Waals surface area contributed by atoms with Gasteiger partial charge in [0.15, 0.2) is 17.5 Å². The third-order valence-electron chi connectivity index (χ3n) is 7.33. The molecule has 0 N–H and O–H groups in total. The summed E-state index contributed by atoms with van der Waals surface area (Å²) in [5, 5.41) is 11.0. The molecule has 2 saturated heterocycles. The van der Waals surface area contributed by atoms with E-state index in [-0.39, 0.29) is 18.1 Å². The Hall–Kier alpha value is -1.22. The van der Waals surface area contributed by atoms with Crippen molar-refractivity contribution < 1.29 is 38.4 Å². The second kappa shape index (κ2) is 7.48. The smallest absolute Gasteiger partial charge is 0.354 e. The zero-order valence-electron chi connectivity index (χ0n) is 16.6. The number of hydrogen-bond acceptors (Lipinski definition) is 8. The van der Waals surface area contributed by atoms with Crippen LogP contribution in [0.3, 0.4) is 0 Å². The Balaban J connectivity index is 1.33. The van der Waals surface area contributed by atoms with Crippen LogP contribution >= 0.6 is 0 Å². The Labute approximate surface area is 170 Å². The Bertz CT molecular complexity index is 651. The van der Waals surface area contributed by atoms with E-state index in [1.165, 1.54) is 6.42 Å². The highest BCUT2D eigenvalue weighted by Gasteiger charge is 2.61. The van der Waals surface area contributed by atoms with Crippen LogP contribution in [0.25, 0.3) is 0 Å². The highest BCUT2D eigenvalue weighted by Crippen LogP contribution is 2.51. The molecule has 8 nitrogen and oxygen atoms in total. The first-order valence-corrected chi connectivity index (χ1v) is 11.1. The molecule has 5 atom stereocenters. The number of esters is 1. The quantitative estimate of drug-likeness (QED) is 0.495. The molecule has 0 aromatic rings. The molecule has 0 bridgehead atoms. The van der Waals surface area contributed by atoms with E-state index in [2.05, 4.69) is 0 Å². The molecule has 0 amide bonds. The van der Waals surface area contributed by atoms with Crippen LogP contribution in [-0.4, -0.2) is 54.5 Å². The summed E-state index contributed by atoms with van der Waals surface area (Å²) in [6.07, 6.45) is 8.80. The largest absolute Gasteiger partial charge is 0.539 e. The second-order valence-corrected chi connectivity index (χ2v) is 9.21. The van der Waals surface area contributed by atoms with Gasteiger partial charge in [0.1, 0.15) is 12.2 Å². The summed E-state index contributed by atoms with van der Waals surface area (Å²) in [7, 11) is 0. The number of fused-ring (bicyclic) bond motifs is 1. The van der Waals surface area contributed by atoms with Gasteiger partial charge in [-0.05, 0) is 32.1 Å².